The first-order valence-corrected chi connectivity index (χ1v) is 14.8. The summed E-state index contributed by atoms with van der Waals surface area (Å²) >= 11 is 0. The number of fused-ring (bicyclic) bond motifs is 4. The van der Waals surface area contributed by atoms with Crippen LogP contribution in [0.4, 0.5) is 5.69 Å². The smallest absolute Gasteiger partial charge is 0.191 e. The van der Waals surface area contributed by atoms with Crippen LogP contribution in [0, 0.1) is 20.4 Å². The molecule has 0 spiro atoms. The molecule has 0 atom stereocenters. The van der Waals surface area contributed by atoms with E-state index in [1.54, 1.807) is 12.3 Å². The van der Waals surface area contributed by atoms with Gasteiger partial charge in [-0.25, -0.2) is 9.83 Å². The lowest BCUT2D eigenvalue weighted by Crippen LogP contribution is -1.96. The minimum atomic E-state index is 0.489. The Morgan fingerprint density at radius 2 is 1.44 bits per heavy atom. The number of ether oxygens (including phenoxy) is 1. The van der Waals surface area contributed by atoms with Crippen LogP contribution in [-0.4, -0.2) is 19.1 Å². The predicted molar refractivity (Wildman–Crippen MR) is 181 cm³/mol. The minimum absolute atomic E-state index is 0.489. The van der Waals surface area contributed by atoms with Crippen molar-refractivity contribution in [2.75, 3.05) is 0 Å². The molecule has 0 N–H and O–H groups in total. The normalized spacial score (nSPS) is 11.3. The number of rotatable bonds is 5. The van der Waals surface area contributed by atoms with Gasteiger partial charge in [-0.1, -0.05) is 42.5 Å². The van der Waals surface area contributed by atoms with Gasteiger partial charge >= 0.3 is 0 Å². The van der Waals surface area contributed by atoms with Crippen LogP contribution < -0.4 is 4.74 Å². The van der Waals surface area contributed by atoms with Crippen LogP contribution in [0.3, 0.4) is 0 Å². The molecule has 0 aliphatic carbocycles. The number of para-hydroxylation sites is 2. The van der Waals surface area contributed by atoms with Gasteiger partial charge in [0.2, 0.25) is 0 Å². The van der Waals surface area contributed by atoms with Crippen molar-refractivity contribution in [1.82, 2.24) is 19.1 Å². The summed E-state index contributed by atoms with van der Waals surface area (Å²) in [4.78, 5) is 13.3. The molecule has 6 nitrogen and oxygen atoms in total. The molecule has 0 aliphatic rings. The van der Waals surface area contributed by atoms with E-state index in [1.807, 2.05) is 72.9 Å². The Hall–Kier alpha value is -6.19. The van der Waals surface area contributed by atoms with Crippen molar-refractivity contribution >= 4 is 38.4 Å². The average Bonchev–Trinajstić information content (AvgIpc) is 3.55. The summed E-state index contributed by atoms with van der Waals surface area (Å²) in [6.45, 7) is 12.1. The maximum atomic E-state index is 7.80. The zero-order valence-corrected chi connectivity index (χ0v) is 24.8. The van der Waals surface area contributed by atoms with Crippen molar-refractivity contribution in [2.45, 2.75) is 13.8 Å². The molecule has 0 radical (unpaired) electrons. The van der Waals surface area contributed by atoms with Crippen LogP contribution in [0.1, 0.15) is 11.3 Å². The van der Waals surface area contributed by atoms with Gasteiger partial charge < -0.3 is 9.30 Å². The summed E-state index contributed by atoms with van der Waals surface area (Å²) in [5.41, 5.74) is 8.71. The summed E-state index contributed by atoms with van der Waals surface area (Å²) in [5.74, 6) is 2.09. The lowest BCUT2D eigenvalue weighted by Gasteiger charge is -2.11. The lowest BCUT2D eigenvalue weighted by atomic mass is 10.1. The summed E-state index contributed by atoms with van der Waals surface area (Å²) in [5, 5.41) is 3.39. The highest BCUT2D eigenvalue weighted by Gasteiger charge is 2.17. The van der Waals surface area contributed by atoms with Crippen molar-refractivity contribution < 1.29 is 4.74 Å². The molecule has 8 rings (SSSR count). The fourth-order valence-corrected chi connectivity index (χ4v) is 6.28. The fourth-order valence-electron chi connectivity index (χ4n) is 6.28. The zero-order valence-electron chi connectivity index (χ0n) is 24.8. The van der Waals surface area contributed by atoms with Crippen molar-refractivity contribution in [3.05, 3.63) is 150 Å². The molecule has 214 valence electrons. The quantitative estimate of drug-likeness (QED) is 0.190. The third-order valence-electron chi connectivity index (χ3n) is 8.50. The second kappa shape index (κ2) is 10.5. The molecular formula is C39H27N5O. The van der Waals surface area contributed by atoms with E-state index >= 15 is 0 Å². The molecule has 4 aromatic carbocycles. The van der Waals surface area contributed by atoms with Crippen molar-refractivity contribution in [3.63, 3.8) is 0 Å². The van der Waals surface area contributed by atoms with Gasteiger partial charge in [0.05, 0.1) is 35.0 Å². The van der Waals surface area contributed by atoms with E-state index in [0.29, 0.717) is 17.2 Å². The highest BCUT2D eigenvalue weighted by atomic mass is 16.5. The molecule has 0 fully saturated rings. The second-order valence-electron chi connectivity index (χ2n) is 11.1. The van der Waals surface area contributed by atoms with E-state index < -0.39 is 0 Å². The Bertz CT molecular complexity index is 2430. The van der Waals surface area contributed by atoms with Gasteiger partial charge in [0.15, 0.2) is 5.69 Å². The number of benzene rings is 4. The summed E-state index contributed by atoms with van der Waals surface area (Å²) in [7, 11) is 0. The molecule has 8 aromatic rings. The van der Waals surface area contributed by atoms with Crippen molar-refractivity contribution in [2.24, 2.45) is 0 Å². The first kappa shape index (κ1) is 26.4. The van der Waals surface area contributed by atoms with Crippen LogP contribution in [0.25, 0.3) is 60.3 Å². The SMILES string of the molecule is [C-]#[N+]c1cc(Oc2ccc3c4ccccc4n(-c4ccccn4)c3c2)cc(-c2cc3c(C)c(C)n(-c4ccccc4)c3cn2)c1. The van der Waals surface area contributed by atoms with E-state index in [0.717, 1.165) is 55.5 Å². The van der Waals surface area contributed by atoms with Gasteiger partial charge in [-0.2, -0.15) is 0 Å². The van der Waals surface area contributed by atoms with Crippen molar-refractivity contribution in [3.8, 4) is 34.3 Å². The third-order valence-corrected chi connectivity index (χ3v) is 8.50. The lowest BCUT2D eigenvalue weighted by molar-refractivity contribution is 0.484. The molecule has 0 amide bonds. The highest BCUT2D eigenvalue weighted by Crippen LogP contribution is 2.38. The van der Waals surface area contributed by atoms with Gasteiger partial charge in [0.25, 0.3) is 0 Å². The van der Waals surface area contributed by atoms with Crippen molar-refractivity contribution in [1.29, 1.82) is 0 Å². The van der Waals surface area contributed by atoms with Crippen LogP contribution in [0.2, 0.25) is 0 Å². The Kier molecular flexibility index (Phi) is 6.18. The molecule has 0 saturated carbocycles. The Labute approximate surface area is 260 Å². The van der Waals surface area contributed by atoms with E-state index in [2.05, 4.69) is 75.3 Å². The maximum absolute atomic E-state index is 7.80. The summed E-state index contributed by atoms with van der Waals surface area (Å²) < 4.78 is 10.9. The molecule has 4 heterocycles. The van der Waals surface area contributed by atoms with Gasteiger partial charge in [-0.05, 0) is 91.7 Å². The van der Waals surface area contributed by atoms with E-state index in [4.69, 9.17) is 16.3 Å². The zero-order chi connectivity index (χ0) is 30.5. The topological polar surface area (TPSA) is 49.2 Å². The van der Waals surface area contributed by atoms with E-state index in [-0.39, 0.29) is 0 Å². The van der Waals surface area contributed by atoms with Gasteiger partial charge in [0, 0.05) is 39.8 Å². The first-order chi connectivity index (χ1) is 22.1. The molecule has 6 heteroatoms. The Balaban J connectivity index is 1.21. The number of nitrogens with zero attached hydrogens (tertiary/aromatic N) is 5. The van der Waals surface area contributed by atoms with Crippen LogP contribution in [0.5, 0.6) is 11.5 Å². The van der Waals surface area contributed by atoms with Gasteiger partial charge in [-0.15, -0.1) is 0 Å². The highest BCUT2D eigenvalue weighted by molar-refractivity contribution is 6.09. The molecule has 0 unspecified atom stereocenters. The molecule has 0 bridgehead atoms. The molecular weight excluding hydrogens is 554 g/mol. The monoisotopic (exact) mass is 581 g/mol. The summed E-state index contributed by atoms with van der Waals surface area (Å²) in [6, 6.07) is 38.4. The van der Waals surface area contributed by atoms with Crippen LogP contribution in [-0.2, 0) is 0 Å². The molecule has 0 aliphatic heterocycles. The number of aromatic nitrogens is 4. The van der Waals surface area contributed by atoms with Gasteiger partial charge in [-0.3, -0.25) is 9.55 Å². The van der Waals surface area contributed by atoms with Crippen LogP contribution >= 0.6 is 0 Å². The van der Waals surface area contributed by atoms with E-state index in [1.165, 1.54) is 11.3 Å². The Morgan fingerprint density at radius 3 is 2.27 bits per heavy atom. The third kappa shape index (κ3) is 4.41. The molecule has 45 heavy (non-hydrogen) atoms. The average molecular weight is 582 g/mol. The summed E-state index contributed by atoms with van der Waals surface area (Å²) in [6.07, 6.45) is 3.73. The molecule has 0 saturated heterocycles. The van der Waals surface area contributed by atoms with Gasteiger partial charge in [0.1, 0.15) is 17.3 Å². The van der Waals surface area contributed by atoms with E-state index in [9.17, 15) is 0 Å². The first-order valence-electron chi connectivity index (χ1n) is 14.8. The maximum Gasteiger partial charge on any atom is 0.191 e. The predicted octanol–water partition coefficient (Wildman–Crippen LogP) is 10.1. The number of pyridine rings is 2. The second-order valence-corrected chi connectivity index (χ2v) is 11.1. The fraction of sp³-hybridized carbons (Fsp3) is 0.0513. The minimum Gasteiger partial charge on any atom is -0.459 e. The molecule has 4 aromatic heterocycles. The van der Waals surface area contributed by atoms with Crippen LogP contribution in [0.15, 0.2) is 128 Å². The standard InChI is InChI=1S/C39H27N5O/c1-25-26(2)43(29-11-5-4-6-12-29)38-24-42-35(23-34(25)38)27-19-28(40-3)21-31(20-27)45-30-16-17-33-32-13-7-8-14-36(32)44(37(33)22-30)39-15-9-10-18-41-39/h4-24H,1-2H3. The Morgan fingerprint density at radius 1 is 0.644 bits per heavy atom. The largest absolute Gasteiger partial charge is 0.459 e. The number of aryl methyl sites for hydroxylation is 1. The number of hydrogen-bond acceptors (Lipinski definition) is 3. The number of hydrogen-bond donors (Lipinski definition) is 0.